The van der Waals surface area contributed by atoms with Crippen molar-refractivity contribution in [3.63, 3.8) is 0 Å². The molecule has 2 aromatic rings. The molecule has 0 amide bonds. The number of aromatic nitrogens is 2. The summed E-state index contributed by atoms with van der Waals surface area (Å²) in [5.74, 6) is -0.231. The Hall–Kier alpha value is -1.12. The minimum Gasteiger partial charge on any atom is -0.371 e. The second-order valence-corrected chi connectivity index (χ2v) is 8.40. The van der Waals surface area contributed by atoms with E-state index in [9.17, 15) is 8.42 Å². The molecule has 1 aromatic heterocycles. The highest BCUT2D eigenvalue weighted by atomic mass is 35.5. The monoisotopic (exact) mass is 389 g/mol. The van der Waals surface area contributed by atoms with Gasteiger partial charge < -0.3 is 4.74 Å². The maximum atomic E-state index is 12.8. The molecule has 0 spiro atoms. The van der Waals surface area contributed by atoms with Gasteiger partial charge in [-0.05, 0) is 12.1 Å². The molecule has 0 N–H and O–H groups in total. The molecule has 0 bridgehead atoms. The molecule has 24 heavy (non-hydrogen) atoms. The molecule has 1 atom stereocenters. The zero-order valence-corrected chi connectivity index (χ0v) is 15.4. The van der Waals surface area contributed by atoms with Crippen LogP contribution in [0.4, 0.5) is 0 Å². The van der Waals surface area contributed by atoms with Crippen molar-refractivity contribution in [2.75, 3.05) is 19.7 Å². The van der Waals surface area contributed by atoms with Gasteiger partial charge in [-0.15, -0.1) is 0 Å². The van der Waals surface area contributed by atoms with Gasteiger partial charge in [-0.2, -0.15) is 9.40 Å². The fourth-order valence-corrected chi connectivity index (χ4v) is 4.89. The summed E-state index contributed by atoms with van der Waals surface area (Å²) in [6.45, 7) is 0.881. The van der Waals surface area contributed by atoms with Crippen LogP contribution in [0.5, 0.6) is 0 Å². The first kappa shape index (κ1) is 17.7. The molecule has 1 aliphatic heterocycles. The van der Waals surface area contributed by atoms with Crippen LogP contribution in [0.25, 0.3) is 0 Å². The number of morpholine rings is 1. The topological polar surface area (TPSA) is 64.4 Å². The number of benzene rings is 1. The van der Waals surface area contributed by atoms with Crippen LogP contribution in [-0.2, 0) is 27.6 Å². The lowest BCUT2D eigenvalue weighted by atomic mass is 10.2. The minimum atomic E-state index is -3.56. The van der Waals surface area contributed by atoms with Crippen molar-refractivity contribution in [1.29, 1.82) is 0 Å². The molecule has 9 heteroatoms. The summed E-state index contributed by atoms with van der Waals surface area (Å²) >= 11 is 12.2. The average Bonchev–Trinajstić information content (AvgIpc) is 2.98. The highest BCUT2D eigenvalue weighted by Gasteiger charge is 2.31. The summed E-state index contributed by atoms with van der Waals surface area (Å²) in [5, 5.41) is 4.80. The first-order valence-corrected chi connectivity index (χ1v) is 9.74. The van der Waals surface area contributed by atoms with E-state index < -0.39 is 10.0 Å². The van der Waals surface area contributed by atoms with E-state index in [2.05, 4.69) is 5.10 Å². The lowest BCUT2D eigenvalue weighted by Gasteiger charge is -2.31. The summed E-state index contributed by atoms with van der Waals surface area (Å²) in [6, 6.07) is 4.96. The van der Waals surface area contributed by atoms with Crippen molar-refractivity contribution in [1.82, 2.24) is 14.1 Å². The number of nitrogens with zero attached hydrogens (tertiary/aromatic N) is 3. The third kappa shape index (κ3) is 3.75. The SMILES string of the molecule is Cn1cc(C2CN(S(=O)(=O)Cc3c(Cl)cccc3Cl)CCO2)cn1. The van der Waals surface area contributed by atoms with E-state index >= 15 is 0 Å². The Morgan fingerprint density at radius 3 is 2.67 bits per heavy atom. The van der Waals surface area contributed by atoms with E-state index in [0.29, 0.717) is 28.8 Å². The number of hydrogen-bond donors (Lipinski definition) is 0. The summed E-state index contributed by atoms with van der Waals surface area (Å²) in [6.07, 6.45) is 3.18. The largest absolute Gasteiger partial charge is 0.371 e. The van der Waals surface area contributed by atoms with Crippen LogP contribution in [0.3, 0.4) is 0 Å². The van der Waals surface area contributed by atoms with Crippen molar-refractivity contribution in [2.45, 2.75) is 11.9 Å². The third-order valence-corrected chi connectivity index (χ3v) is 6.39. The van der Waals surface area contributed by atoms with Gasteiger partial charge in [0.05, 0.1) is 24.7 Å². The van der Waals surface area contributed by atoms with Crippen LogP contribution >= 0.6 is 23.2 Å². The summed E-state index contributed by atoms with van der Waals surface area (Å²) < 4.78 is 34.3. The third-order valence-electron chi connectivity index (χ3n) is 3.91. The van der Waals surface area contributed by atoms with Crippen LogP contribution in [0.2, 0.25) is 10.0 Å². The first-order chi connectivity index (χ1) is 11.4. The highest BCUT2D eigenvalue weighted by molar-refractivity contribution is 7.88. The van der Waals surface area contributed by atoms with E-state index in [4.69, 9.17) is 27.9 Å². The normalized spacial score (nSPS) is 19.5. The number of rotatable bonds is 4. The second kappa shape index (κ2) is 7.01. The predicted octanol–water partition coefficient (Wildman–Crippen LogP) is 2.63. The van der Waals surface area contributed by atoms with Crippen molar-refractivity contribution in [2.24, 2.45) is 7.05 Å². The Labute approximate surface area is 151 Å². The fraction of sp³-hybridized carbons (Fsp3) is 0.400. The van der Waals surface area contributed by atoms with Gasteiger partial charge in [-0.25, -0.2) is 8.42 Å². The number of aryl methyl sites for hydroxylation is 1. The number of sulfonamides is 1. The van der Waals surface area contributed by atoms with Gasteiger partial charge in [0.1, 0.15) is 0 Å². The van der Waals surface area contributed by atoms with E-state index in [1.807, 2.05) is 6.20 Å². The lowest BCUT2D eigenvalue weighted by Crippen LogP contribution is -2.42. The van der Waals surface area contributed by atoms with Gasteiger partial charge >= 0.3 is 0 Å². The molecule has 1 aromatic carbocycles. The van der Waals surface area contributed by atoms with E-state index in [1.54, 1.807) is 36.1 Å². The van der Waals surface area contributed by atoms with Crippen LogP contribution in [0.1, 0.15) is 17.2 Å². The zero-order chi connectivity index (χ0) is 17.3. The number of hydrogen-bond acceptors (Lipinski definition) is 4. The second-order valence-electron chi connectivity index (χ2n) is 5.62. The molecular formula is C15H17Cl2N3O3S. The van der Waals surface area contributed by atoms with Gasteiger partial charge in [0.25, 0.3) is 0 Å². The molecule has 0 radical (unpaired) electrons. The van der Waals surface area contributed by atoms with E-state index in [1.165, 1.54) is 4.31 Å². The molecule has 130 valence electrons. The molecule has 0 saturated carbocycles. The molecule has 1 saturated heterocycles. The molecular weight excluding hydrogens is 373 g/mol. The fourth-order valence-electron chi connectivity index (χ4n) is 2.63. The molecule has 6 nitrogen and oxygen atoms in total. The molecule has 2 heterocycles. The Balaban J connectivity index is 1.79. The smallest absolute Gasteiger partial charge is 0.218 e. The number of halogens is 2. The molecule has 1 unspecified atom stereocenters. The Morgan fingerprint density at radius 1 is 1.33 bits per heavy atom. The molecule has 1 fully saturated rings. The molecule has 1 aliphatic rings. The zero-order valence-electron chi connectivity index (χ0n) is 13.0. The molecule has 3 rings (SSSR count). The predicted molar refractivity (Wildman–Crippen MR) is 92.6 cm³/mol. The van der Waals surface area contributed by atoms with Crippen LogP contribution < -0.4 is 0 Å². The Bertz CT molecular complexity index is 818. The van der Waals surface area contributed by atoms with Gasteiger partial charge in [0, 0.05) is 47.5 Å². The van der Waals surface area contributed by atoms with Crippen LogP contribution in [-0.4, -0.2) is 42.2 Å². The van der Waals surface area contributed by atoms with Gasteiger partial charge in [0.2, 0.25) is 10.0 Å². The first-order valence-electron chi connectivity index (χ1n) is 7.37. The van der Waals surface area contributed by atoms with E-state index in [0.717, 1.165) is 5.56 Å². The van der Waals surface area contributed by atoms with Crippen molar-refractivity contribution in [3.8, 4) is 0 Å². The average molecular weight is 390 g/mol. The van der Waals surface area contributed by atoms with Crippen molar-refractivity contribution < 1.29 is 13.2 Å². The minimum absolute atomic E-state index is 0.231. The quantitative estimate of drug-likeness (QED) is 0.805. The highest BCUT2D eigenvalue weighted by Crippen LogP contribution is 2.29. The summed E-state index contributed by atoms with van der Waals surface area (Å²) in [7, 11) is -1.75. The molecule has 0 aliphatic carbocycles. The van der Waals surface area contributed by atoms with Crippen molar-refractivity contribution in [3.05, 3.63) is 51.8 Å². The van der Waals surface area contributed by atoms with Crippen LogP contribution in [0, 0.1) is 0 Å². The lowest BCUT2D eigenvalue weighted by molar-refractivity contribution is -0.00263. The van der Waals surface area contributed by atoms with E-state index in [-0.39, 0.29) is 18.4 Å². The standard InChI is InChI=1S/C15H17Cl2N3O3S/c1-19-8-11(7-18-19)15-9-20(5-6-23-15)24(21,22)10-12-13(16)3-2-4-14(12)17/h2-4,7-8,15H,5-6,9-10H2,1H3. The maximum Gasteiger partial charge on any atom is 0.218 e. The van der Waals surface area contributed by atoms with Crippen molar-refractivity contribution >= 4 is 33.2 Å². The van der Waals surface area contributed by atoms with Crippen LogP contribution in [0.15, 0.2) is 30.6 Å². The summed E-state index contributed by atoms with van der Waals surface area (Å²) in [4.78, 5) is 0. The van der Waals surface area contributed by atoms with Gasteiger partial charge in [-0.1, -0.05) is 29.3 Å². The summed E-state index contributed by atoms with van der Waals surface area (Å²) in [5.41, 5.74) is 1.28. The Kier molecular flexibility index (Phi) is 5.17. The Morgan fingerprint density at radius 2 is 2.04 bits per heavy atom. The number of ether oxygens (including phenoxy) is 1. The van der Waals surface area contributed by atoms with Gasteiger partial charge in [-0.3, -0.25) is 4.68 Å². The van der Waals surface area contributed by atoms with Gasteiger partial charge in [0.15, 0.2) is 0 Å². The maximum absolute atomic E-state index is 12.8.